The summed E-state index contributed by atoms with van der Waals surface area (Å²) in [4.78, 5) is 4.88. The van der Waals surface area contributed by atoms with Gasteiger partial charge in [-0.25, -0.2) is 4.98 Å². The number of hydrogen-bond donors (Lipinski definition) is 1. The molecule has 2 aliphatic carbocycles. The summed E-state index contributed by atoms with van der Waals surface area (Å²) >= 11 is 0. The summed E-state index contributed by atoms with van der Waals surface area (Å²) < 4.78 is 2.49. The van der Waals surface area contributed by atoms with Crippen LogP contribution in [0.5, 0.6) is 0 Å². The van der Waals surface area contributed by atoms with Crippen LogP contribution in [0.1, 0.15) is 61.8 Å². The van der Waals surface area contributed by atoms with Gasteiger partial charge in [0.05, 0.1) is 0 Å². The Hall–Kier alpha value is -1.61. The van der Waals surface area contributed by atoms with Crippen molar-refractivity contribution in [3.05, 3.63) is 34.7 Å². The highest BCUT2D eigenvalue weighted by molar-refractivity contribution is 5.85. The van der Waals surface area contributed by atoms with E-state index in [1.165, 1.54) is 72.8 Å². The number of aromatic nitrogens is 2. The quantitative estimate of drug-likeness (QED) is 0.796. The van der Waals surface area contributed by atoms with Gasteiger partial charge in [0.25, 0.3) is 0 Å². The molecule has 2 atom stereocenters. The van der Waals surface area contributed by atoms with E-state index in [4.69, 9.17) is 4.98 Å². The molecule has 138 valence electrons. The highest BCUT2D eigenvalue weighted by Crippen LogP contribution is 2.44. The normalized spacial score (nSPS) is 28.0. The molecular weight excluding hydrogens is 318 g/mol. The summed E-state index contributed by atoms with van der Waals surface area (Å²) in [6, 6.07) is 2.35. The largest absolute Gasteiger partial charge is 0.316 e. The molecule has 0 aromatic carbocycles. The lowest BCUT2D eigenvalue weighted by Gasteiger charge is -2.37. The van der Waals surface area contributed by atoms with Gasteiger partial charge >= 0.3 is 0 Å². The van der Waals surface area contributed by atoms with Gasteiger partial charge in [0.15, 0.2) is 0 Å². The summed E-state index contributed by atoms with van der Waals surface area (Å²) in [6.45, 7) is 4.33. The van der Waals surface area contributed by atoms with Crippen LogP contribution >= 0.6 is 0 Å². The number of hydrogen-bond acceptors (Lipinski definition) is 2. The fourth-order valence-electron chi connectivity index (χ4n) is 5.76. The van der Waals surface area contributed by atoms with E-state index < -0.39 is 0 Å². The van der Waals surface area contributed by atoms with Crippen molar-refractivity contribution in [2.45, 2.75) is 64.7 Å². The van der Waals surface area contributed by atoms with Crippen LogP contribution in [0.3, 0.4) is 0 Å². The predicted octanol–water partition coefficient (Wildman–Crippen LogP) is 4.86. The van der Waals surface area contributed by atoms with E-state index in [1.54, 1.807) is 5.57 Å². The minimum Gasteiger partial charge on any atom is -0.316 e. The Morgan fingerprint density at radius 2 is 1.92 bits per heavy atom. The van der Waals surface area contributed by atoms with Gasteiger partial charge in [-0.15, -0.1) is 0 Å². The van der Waals surface area contributed by atoms with E-state index in [0.29, 0.717) is 0 Å². The number of aryl methyl sites for hydroxylation is 1. The molecule has 5 rings (SSSR count). The van der Waals surface area contributed by atoms with Crippen molar-refractivity contribution in [2.24, 2.45) is 11.8 Å². The van der Waals surface area contributed by atoms with E-state index in [2.05, 4.69) is 29.1 Å². The molecular formula is C23H31N3. The summed E-state index contributed by atoms with van der Waals surface area (Å²) in [7, 11) is 0. The van der Waals surface area contributed by atoms with Crippen LogP contribution in [0.25, 0.3) is 17.2 Å². The van der Waals surface area contributed by atoms with Gasteiger partial charge < -0.3 is 9.88 Å². The SMILES string of the molecule is Cc1cnc2c(c1)c1c(n2/C=C2\CCCC3CCCCC23)CCNCC1. The van der Waals surface area contributed by atoms with Crippen LogP contribution in [0, 0.1) is 18.8 Å². The van der Waals surface area contributed by atoms with Crippen molar-refractivity contribution in [1.82, 2.24) is 14.9 Å². The van der Waals surface area contributed by atoms with Gasteiger partial charge in [-0.2, -0.15) is 0 Å². The van der Waals surface area contributed by atoms with Crippen molar-refractivity contribution in [2.75, 3.05) is 13.1 Å². The van der Waals surface area contributed by atoms with Gasteiger partial charge in [0.2, 0.25) is 0 Å². The molecule has 3 heterocycles. The van der Waals surface area contributed by atoms with Crippen LogP contribution in [0.15, 0.2) is 17.8 Å². The lowest BCUT2D eigenvalue weighted by molar-refractivity contribution is 0.224. The van der Waals surface area contributed by atoms with Crippen LogP contribution in [0.4, 0.5) is 0 Å². The van der Waals surface area contributed by atoms with Crippen molar-refractivity contribution in [3.8, 4) is 0 Å². The molecule has 26 heavy (non-hydrogen) atoms. The average molecular weight is 350 g/mol. The molecule has 2 unspecified atom stereocenters. The van der Waals surface area contributed by atoms with Crippen LogP contribution in [0.2, 0.25) is 0 Å². The zero-order valence-electron chi connectivity index (χ0n) is 16.1. The Labute approximate surface area is 156 Å². The fourth-order valence-corrected chi connectivity index (χ4v) is 5.76. The van der Waals surface area contributed by atoms with Crippen LogP contribution in [-0.2, 0) is 12.8 Å². The third kappa shape index (κ3) is 2.81. The maximum atomic E-state index is 4.88. The summed E-state index contributed by atoms with van der Waals surface area (Å²) in [5, 5.41) is 4.97. The Morgan fingerprint density at radius 3 is 2.88 bits per heavy atom. The highest BCUT2D eigenvalue weighted by atomic mass is 15.0. The van der Waals surface area contributed by atoms with Crippen LogP contribution < -0.4 is 5.32 Å². The van der Waals surface area contributed by atoms with Crippen molar-refractivity contribution in [1.29, 1.82) is 0 Å². The second kappa shape index (κ2) is 6.84. The molecule has 2 saturated carbocycles. The first-order valence-corrected chi connectivity index (χ1v) is 10.7. The number of nitrogens with one attached hydrogen (secondary N) is 1. The maximum absolute atomic E-state index is 4.88. The van der Waals surface area contributed by atoms with Crippen molar-refractivity contribution in [3.63, 3.8) is 0 Å². The number of fused-ring (bicyclic) bond motifs is 4. The zero-order chi connectivity index (χ0) is 17.5. The maximum Gasteiger partial charge on any atom is 0.144 e. The van der Waals surface area contributed by atoms with E-state index in [1.807, 2.05) is 6.20 Å². The molecule has 0 saturated heterocycles. The molecule has 3 nitrogen and oxygen atoms in total. The summed E-state index contributed by atoms with van der Waals surface area (Å²) in [6.07, 6.45) is 16.7. The van der Waals surface area contributed by atoms with Gasteiger partial charge in [0, 0.05) is 36.4 Å². The molecule has 2 aromatic rings. The molecule has 1 aliphatic heterocycles. The smallest absolute Gasteiger partial charge is 0.144 e. The zero-order valence-corrected chi connectivity index (χ0v) is 16.1. The standard InChI is InChI=1S/C23H31N3/c1-16-13-21-20-9-11-24-12-10-22(20)26(23(21)25-14-16)15-18-7-4-6-17-5-2-3-8-19(17)18/h13-15,17,19,24H,2-12H2,1H3/b18-15+. The molecule has 2 fully saturated rings. The Morgan fingerprint density at radius 1 is 1.08 bits per heavy atom. The third-order valence-electron chi connectivity index (χ3n) is 7.01. The highest BCUT2D eigenvalue weighted by Gasteiger charge is 2.31. The molecule has 0 bridgehead atoms. The second-order valence-corrected chi connectivity index (χ2v) is 8.68. The molecule has 0 radical (unpaired) electrons. The van der Waals surface area contributed by atoms with Gasteiger partial charge in [0.1, 0.15) is 5.65 Å². The first-order valence-electron chi connectivity index (χ1n) is 10.7. The Kier molecular flexibility index (Phi) is 4.36. The lowest BCUT2D eigenvalue weighted by atomic mass is 9.68. The Bertz CT molecular complexity index is 843. The minimum absolute atomic E-state index is 0.833. The third-order valence-corrected chi connectivity index (χ3v) is 7.01. The minimum atomic E-state index is 0.833. The summed E-state index contributed by atoms with van der Waals surface area (Å²) in [5.74, 6) is 1.78. The first kappa shape index (κ1) is 16.6. The van der Waals surface area contributed by atoms with E-state index in [-0.39, 0.29) is 0 Å². The van der Waals surface area contributed by atoms with Gasteiger partial charge in [-0.3, -0.25) is 0 Å². The number of pyridine rings is 1. The molecule has 0 amide bonds. The summed E-state index contributed by atoms with van der Waals surface area (Å²) in [5.41, 5.74) is 7.21. The molecule has 0 spiro atoms. The van der Waals surface area contributed by atoms with Crippen molar-refractivity contribution < 1.29 is 0 Å². The monoisotopic (exact) mass is 349 g/mol. The number of allylic oxidation sites excluding steroid dienone is 1. The van der Waals surface area contributed by atoms with E-state index >= 15 is 0 Å². The number of rotatable bonds is 1. The molecule has 3 aliphatic rings. The lowest BCUT2D eigenvalue weighted by Crippen LogP contribution is -2.25. The molecule has 3 heteroatoms. The van der Waals surface area contributed by atoms with E-state index in [0.717, 1.165) is 37.8 Å². The Balaban J connectivity index is 1.65. The molecule has 1 N–H and O–H groups in total. The van der Waals surface area contributed by atoms with Crippen LogP contribution in [-0.4, -0.2) is 22.6 Å². The molecule has 2 aromatic heterocycles. The average Bonchev–Trinajstić information content (AvgIpc) is 2.82. The number of nitrogens with zero attached hydrogens (tertiary/aromatic N) is 2. The first-order chi connectivity index (χ1) is 12.8. The van der Waals surface area contributed by atoms with E-state index in [9.17, 15) is 0 Å². The topological polar surface area (TPSA) is 29.9 Å². The van der Waals surface area contributed by atoms with Crippen molar-refractivity contribution >= 4 is 17.2 Å². The van der Waals surface area contributed by atoms with Gasteiger partial charge in [-0.1, -0.05) is 18.4 Å². The van der Waals surface area contributed by atoms with Gasteiger partial charge in [-0.05, 0) is 81.0 Å². The predicted molar refractivity (Wildman–Crippen MR) is 108 cm³/mol. The second-order valence-electron chi connectivity index (χ2n) is 8.68. The fraction of sp³-hybridized carbons (Fsp3) is 0.609.